The van der Waals surface area contributed by atoms with Crippen LogP contribution < -0.4 is 11.1 Å². The van der Waals surface area contributed by atoms with Crippen LogP contribution in [0.1, 0.15) is 39.5 Å². The summed E-state index contributed by atoms with van der Waals surface area (Å²) in [5.41, 5.74) is 5.33. The molecule has 0 fully saturated rings. The van der Waals surface area contributed by atoms with Crippen LogP contribution in [0.2, 0.25) is 0 Å². The van der Waals surface area contributed by atoms with Gasteiger partial charge in [-0.2, -0.15) is 0 Å². The lowest BCUT2D eigenvalue weighted by molar-refractivity contribution is -0.121. The third-order valence-electron chi connectivity index (χ3n) is 1.56. The molecule has 0 aliphatic carbocycles. The summed E-state index contributed by atoms with van der Waals surface area (Å²) < 4.78 is 0. The third kappa shape index (κ3) is 11.7. The van der Waals surface area contributed by atoms with Gasteiger partial charge in [0.1, 0.15) is 0 Å². The van der Waals surface area contributed by atoms with Crippen LogP contribution in [0.4, 0.5) is 0 Å². The van der Waals surface area contributed by atoms with Gasteiger partial charge in [0, 0.05) is 12.5 Å². The monoisotopic (exact) mass is 208 g/mol. The van der Waals surface area contributed by atoms with Crippen LogP contribution >= 0.6 is 12.4 Å². The highest BCUT2D eigenvalue weighted by atomic mass is 35.5. The first-order valence-electron chi connectivity index (χ1n) is 4.66. The molecule has 0 aromatic carbocycles. The molecule has 3 nitrogen and oxygen atoms in total. The molecule has 0 aromatic heterocycles. The molecule has 0 aliphatic heterocycles. The van der Waals surface area contributed by atoms with E-state index in [1.54, 1.807) is 0 Å². The van der Waals surface area contributed by atoms with E-state index in [0.29, 0.717) is 6.42 Å². The molecule has 1 amide bonds. The Labute approximate surface area is 86.9 Å². The van der Waals surface area contributed by atoms with Crippen molar-refractivity contribution < 1.29 is 4.79 Å². The average Bonchev–Trinajstić information content (AvgIpc) is 1.97. The second-order valence-electron chi connectivity index (χ2n) is 3.32. The first-order valence-corrected chi connectivity index (χ1v) is 4.66. The molecule has 0 saturated heterocycles. The van der Waals surface area contributed by atoms with Gasteiger partial charge in [-0.25, -0.2) is 0 Å². The maximum absolute atomic E-state index is 11.1. The zero-order valence-electron chi connectivity index (χ0n) is 8.51. The molecule has 0 atom stereocenters. The van der Waals surface area contributed by atoms with Gasteiger partial charge in [-0.1, -0.05) is 6.42 Å². The van der Waals surface area contributed by atoms with Gasteiger partial charge in [0.05, 0.1) is 0 Å². The van der Waals surface area contributed by atoms with Crippen LogP contribution in [0.5, 0.6) is 0 Å². The highest BCUT2D eigenvalue weighted by molar-refractivity contribution is 5.85. The molecular formula is C9H21ClN2O. The molecule has 80 valence electrons. The van der Waals surface area contributed by atoms with E-state index in [0.717, 1.165) is 25.8 Å². The minimum absolute atomic E-state index is 0. The second-order valence-corrected chi connectivity index (χ2v) is 3.32. The Morgan fingerprint density at radius 3 is 2.38 bits per heavy atom. The molecular weight excluding hydrogens is 188 g/mol. The van der Waals surface area contributed by atoms with Gasteiger partial charge < -0.3 is 11.1 Å². The molecule has 0 saturated carbocycles. The average molecular weight is 209 g/mol. The molecule has 4 heteroatoms. The normalized spacial score (nSPS) is 9.54. The Balaban J connectivity index is 0. The van der Waals surface area contributed by atoms with E-state index in [-0.39, 0.29) is 24.4 Å². The van der Waals surface area contributed by atoms with Crippen molar-refractivity contribution in [1.82, 2.24) is 5.32 Å². The van der Waals surface area contributed by atoms with Gasteiger partial charge in [-0.15, -0.1) is 12.4 Å². The van der Waals surface area contributed by atoms with E-state index in [1.807, 2.05) is 13.8 Å². The van der Waals surface area contributed by atoms with Crippen molar-refractivity contribution in [3.05, 3.63) is 0 Å². The number of halogens is 1. The molecule has 3 N–H and O–H groups in total. The van der Waals surface area contributed by atoms with Crippen LogP contribution in [0, 0.1) is 0 Å². The van der Waals surface area contributed by atoms with Gasteiger partial charge in [0.25, 0.3) is 0 Å². The maximum Gasteiger partial charge on any atom is 0.220 e. The van der Waals surface area contributed by atoms with E-state index in [2.05, 4.69) is 5.32 Å². The Bertz CT molecular complexity index is 129. The predicted molar refractivity (Wildman–Crippen MR) is 58.0 cm³/mol. The van der Waals surface area contributed by atoms with Gasteiger partial charge >= 0.3 is 0 Å². The number of nitrogens with two attached hydrogens (primary N) is 1. The molecule has 0 aromatic rings. The molecule has 0 rings (SSSR count). The van der Waals surface area contributed by atoms with Crippen LogP contribution in [0.3, 0.4) is 0 Å². The number of rotatable bonds is 6. The topological polar surface area (TPSA) is 55.1 Å². The number of hydrogen-bond donors (Lipinski definition) is 2. The van der Waals surface area contributed by atoms with Crippen molar-refractivity contribution >= 4 is 18.3 Å². The van der Waals surface area contributed by atoms with Crippen LogP contribution in [0.25, 0.3) is 0 Å². The number of carbonyl (C=O) groups excluding carboxylic acids is 1. The van der Waals surface area contributed by atoms with Crippen LogP contribution in [-0.2, 0) is 4.79 Å². The molecule has 13 heavy (non-hydrogen) atoms. The summed E-state index contributed by atoms with van der Waals surface area (Å²) >= 11 is 0. The fourth-order valence-corrected chi connectivity index (χ4v) is 1.00. The Hall–Kier alpha value is -0.280. The maximum atomic E-state index is 11.1. The summed E-state index contributed by atoms with van der Waals surface area (Å²) in [6.45, 7) is 4.67. The lowest BCUT2D eigenvalue weighted by Gasteiger charge is -2.07. The highest BCUT2D eigenvalue weighted by Gasteiger charge is 2.01. The summed E-state index contributed by atoms with van der Waals surface area (Å²) in [5, 5.41) is 2.85. The fourth-order valence-electron chi connectivity index (χ4n) is 1.00. The summed E-state index contributed by atoms with van der Waals surface area (Å²) in [6, 6.07) is 0.256. The highest BCUT2D eigenvalue weighted by Crippen LogP contribution is 1.98. The van der Waals surface area contributed by atoms with E-state index in [9.17, 15) is 4.79 Å². The third-order valence-corrected chi connectivity index (χ3v) is 1.56. The lowest BCUT2D eigenvalue weighted by atomic mass is 10.2. The van der Waals surface area contributed by atoms with Gasteiger partial charge in [-0.05, 0) is 33.2 Å². The minimum atomic E-state index is 0. The van der Waals surface area contributed by atoms with E-state index in [4.69, 9.17) is 5.73 Å². The molecule has 0 radical (unpaired) electrons. The number of nitrogens with one attached hydrogen (secondary N) is 1. The van der Waals surface area contributed by atoms with Gasteiger partial charge in [-0.3, -0.25) is 4.79 Å². The van der Waals surface area contributed by atoms with Gasteiger partial charge in [0.15, 0.2) is 0 Å². The standard InChI is InChI=1S/C9H20N2O.ClH/c1-8(2)11-9(12)6-4-3-5-7-10;/h8H,3-7,10H2,1-2H3,(H,11,12);1H. The SMILES string of the molecule is CC(C)NC(=O)CCCCCN.Cl. The lowest BCUT2D eigenvalue weighted by Crippen LogP contribution is -2.29. The van der Waals surface area contributed by atoms with Gasteiger partial charge in [0.2, 0.25) is 5.91 Å². The molecule has 0 aliphatic rings. The number of unbranched alkanes of at least 4 members (excludes halogenated alkanes) is 2. The molecule has 0 unspecified atom stereocenters. The Morgan fingerprint density at radius 1 is 1.31 bits per heavy atom. The predicted octanol–water partition coefficient (Wildman–Crippen LogP) is 1.45. The zero-order chi connectivity index (χ0) is 9.40. The van der Waals surface area contributed by atoms with E-state index >= 15 is 0 Å². The largest absolute Gasteiger partial charge is 0.354 e. The smallest absolute Gasteiger partial charge is 0.220 e. The molecule has 0 spiro atoms. The van der Waals surface area contributed by atoms with Crippen LogP contribution in [-0.4, -0.2) is 18.5 Å². The van der Waals surface area contributed by atoms with Crippen molar-refractivity contribution in [3.63, 3.8) is 0 Å². The summed E-state index contributed by atoms with van der Waals surface area (Å²) in [5.74, 6) is 0.155. The number of carbonyl (C=O) groups is 1. The first-order chi connectivity index (χ1) is 5.66. The fraction of sp³-hybridized carbons (Fsp3) is 0.889. The minimum Gasteiger partial charge on any atom is -0.354 e. The Morgan fingerprint density at radius 2 is 1.92 bits per heavy atom. The quantitative estimate of drug-likeness (QED) is 0.650. The second kappa shape index (κ2) is 9.81. The zero-order valence-corrected chi connectivity index (χ0v) is 9.32. The number of hydrogen-bond acceptors (Lipinski definition) is 2. The van der Waals surface area contributed by atoms with Crippen molar-refractivity contribution in [1.29, 1.82) is 0 Å². The molecule has 0 bridgehead atoms. The summed E-state index contributed by atoms with van der Waals surface area (Å²) in [6.07, 6.45) is 3.67. The summed E-state index contributed by atoms with van der Waals surface area (Å²) in [7, 11) is 0. The van der Waals surface area contributed by atoms with E-state index in [1.165, 1.54) is 0 Å². The van der Waals surface area contributed by atoms with Crippen molar-refractivity contribution in [2.45, 2.75) is 45.6 Å². The van der Waals surface area contributed by atoms with E-state index < -0.39 is 0 Å². The number of amides is 1. The van der Waals surface area contributed by atoms with Crippen LogP contribution in [0.15, 0.2) is 0 Å². The van der Waals surface area contributed by atoms with Crippen molar-refractivity contribution in [2.24, 2.45) is 5.73 Å². The van der Waals surface area contributed by atoms with Crippen molar-refractivity contribution in [3.8, 4) is 0 Å². The summed E-state index contributed by atoms with van der Waals surface area (Å²) in [4.78, 5) is 11.1. The van der Waals surface area contributed by atoms with Crippen molar-refractivity contribution in [2.75, 3.05) is 6.54 Å². The molecule has 0 heterocycles. The first kappa shape index (κ1) is 15.2. The Kier molecular flexibility index (Phi) is 11.5.